The number of nitrogens with one attached hydrogen (secondary N) is 1. The van der Waals surface area contributed by atoms with Gasteiger partial charge in [0.25, 0.3) is 0 Å². The number of aromatic amines is 1. The van der Waals surface area contributed by atoms with E-state index < -0.39 is 0 Å². The SMILES string of the molecule is CC(CSc1ccc2c(c1)[nH]c1ccccc12)=C1CN2CCC1CC2. The molecule has 2 aromatic carbocycles. The van der Waals surface area contributed by atoms with Gasteiger partial charge < -0.3 is 4.98 Å². The molecule has 1 aromatic heterocycles. The maximum absolute atomic E-state index is 3.56. The first-order valence-corrected chi connectivity index (χ1v) is 10.3. The van der Waals surface area contributed by atoms with Crippen molar-refractivity contribution < 1.29 is 0 Å². The van der Waals surface area contributed by atoms with Crippen LogP contribution < -0.4 is 0 Å². The number of hydrogen-bond acceptors (Lipinski definition) is 2. The zero-order valence-corrected chi connectivity index (χ0v) is 15.5. The highest BCUT2D eigenvalue weighted by Crippen LogP contribution is 2.36. The summed E-state index contributed by atoms with van der Waals surface area (Å²) in [6.45, 7) is 6.20. The lowest BCUT2D eigenvalue weighted by Crippen LogP contribution is -2.43. The maximum atomic E-state index is 3.56. The van der Waals surface area contributed by atoms with E-state index in [1.807, 2.05) is 11.8 Å². The summed E-state index contributed by atoms with van der Waals surface area (Å²) in [5, 5.41) is 2.65. The lowest BCUT2D eigenvalue weighted by atomic mass is 9.82. The van der Waals surface area contributed by atoms with Crippen LogP contribution in [0.2, 0.25) is 0 Å². The number of benzene rings is 2. The third-order valence-electron chi connectivity index (χ3n) is 5.96. The fraction of sp³-hybridized carbons (Fsp3) is 0.364. The molecule has 0 aliphatic carbocycles. The van der Waals surface area contributed by atoms with E-state index in [9.17, 15) is 0 Å². The first kappa shape index (κ1) is 15.5. The molecule has 1 N–H and O–H groups in total. The van der Waals surface area contributed by atoms with E-state index in [-0.39, 0.29) is 0 Å². The summed E-state index contributed by atoms with van der Waals surface area (Å²) in [5.74, 6) is 1.98. The van der Waals surface area contributed by atoms with E-state index in [1.54, 1.807) is 11.1 Å². The quantitative estimate of drug-likeness (QED) is 0.501. The third-order valence-corrected chi connectivity index (χ3v) is 7.12. The second-order valence-electron chi connectivity index (χ2n) is 7.52. The molecule has 128 valence electrons. The summed E-state index contributed by atoms with van der Waals surface area (Å²) in [5.41, 5.74) is 5.82. The average Bonchev–Trinajstić information content (AvgIpc) is 3.04. The second-order valence-corrected chi connectivity index (χ2v) is 8.57. The predicted molar refractivity (Wildman–Crippen MR) is 108 cm³/mol. The van der Waals surface area contributed by atoms with Crippen molar-refractivity contribution >= 4 is 33.6 Å². The van der Waals surface area contributed by atoms with Crippen molar-refractivity contribution in [3.8, 4) is 0 Å². The van der Waals surface area contributed by atoms with E-state index >= 15 is 0 Å². The van der Waals surface area contributed by atoms with E-state index in [0.717, 1.165) is 11.7 Å². The van der Waals surface area contributed by atoms with E-state index in [0.29, 0.717) is 0 Å². The van der Waals surface area contributed by atoms with Gasteiger partial charge in [-0.1, -0.05) is 35.4 Å². The molecule has 0 saturated carbocycles. The van der Waals surface area contributed by atoms with Gasteiger partial charge in [0.05, 0.1) is 0 Å². The van der Waals surface area contributed by atoms with Gasteiger partial charge in [0.15, 0.2) is 0 Å². The van der Waals surface area contributed by atoms with Gasteiger partial charge in [0.1, 0.15) is 0 Å². The molecule has 0 unspecified atom stereocenters. The van der Waals surface area contributed by atoms with E-state index in [2.05, 4.69) is 59.3 Å². The summed E-state index contributed by atoms with van der Waals surface area (Å²) in [6, 6.07) is 15.4. The molecule has 0 spiro atoms. The molecular weight excluding hydrogens is 324 g/mol. The third kappa shape index (κ3) is 2.80. The molecule has 2 bridgehead atoms. The van der Waals surface area contributed by atoms with Crippen LogP contribution in [0.25, 0.3) is 21.8 Å². The van der Waals surface area contributed by atoms with Crippen LogP contribution in [0.5, 0.6) is 0 Å². The highest BCUT2D eigenvalue weighted by Gasteiger charge is 2.30. The normalized spacial score (nSPS) is 25.0. The Labute approximate surface area is 153 Å². The summed E-state index contributed by atoms with van der Waals surface area (Å²) < 4.78 is 0. The van der Waals surface area contributed by atoms with Gasteiger partial charge in [0, 0.05) is 39.0 Å². The van der Waals surface area contributed by atoms with Crippen LogP contribution in [0.15, 0.2) is 58.5 Å². The van der Waals surface area contributed by atoms with Gasteiger partial charge in [-0.25, -0.2) is 0 Å². The number of H-pyrrole nitrogens is 1. The number of aromatic nitrogens is 1. The van der Waals surface area contributed by atoms with Crippen molar-refractivity contribution in [2.24, 2.45) is 5.92 Å². The van der Waals surface area contributed by atoms with Gasteiger partial charge >= 0.3 is 0 Å². The highest BCUT2D eigenvalue weighted by molar-refractivity contribution is 7.99. The number of hydrogen-bond donors (Lipinski definition) is 1. The van der Waals surface area contributed by atoms with Gasteiger partial charge in [0.2, 0.25) is 0 Å². The van der Waals surface area contributed by atoms with Gasteiger partial charge in [-0.3, -0.25) is 4.90 Å². The molecule has 2 nitrogen and oxygen atoms in total. The Bertz CT molecular complexity index is 960. The molecule has 3 heteroatoms. The van der Waals surface area contributed by atoms with Crippen LogP contribution in [-0.4, -0.2) is 35.3 Å². The molecular formula is C22H24N2S. The molecule has 3 aliphatic heterocycles. The monoisotopic (exact) mass is 348 g/mol. The minimum atomic E-state index is 0.863. The largest absolute Gasteiger partial charge is 0.354 e. The molecule has 3 saturated heterocycles. The zero-order chi connectivity index (χ0) is 16.8. The van der Waals surface area contributed by atoms with Gasteiger partial charge in [-0.2, -0.15) is 0 Å². The summed E-state index contributed by atoms with van der Waals surface area (Å²) in [4.78, 5) is 7.55. The van der Waals surface area contributed by atoms with Gasteiger partial charge in [-0.05, 0) is 57.0 Å². The number of thioether (sulfide) groups is 1. The van der Waals surface area contributed by atoms with Crippen LogP contribution in [0, 0.1) is 5.92 Å². The Hall–Kier alpha value is -1.71. The summed E-state index contributed by atoms with van der Waals surface area (Å²) >= 11 is 1.98. The Morgan fingerprint density at radius 2 is 1.88 bits per heavy atom. The second kappa shape index (κ2) is 6.22. The fourth-order valence-corrected chi connectivity index (χ4v) is 5.43. The molecule has 4 heterocycles. The zero-order valence-electron chi connectivity index (χ0n) is 14.7. The minimum absolute atomic E-state index is 0.863. The highest BCUT2D eigenvalue weighted by atomic mass is 32.2. The topological polar surface area (TPSA) is 19.0 Å². The molecule has 0 atom stereocenters. The van der Waals surface area contributed by atoms with Crippen molar-refractivity contribution in [1.82, 2.24) is 9.88 Å². The van der Waals surface area contributed by atoms with Crippen LogP contribution in [0.4, 0.5) is 0 Å². The molecule has 3 fully saturated rings. The molecule has 0 radical (unpaired) electrons. The van der Waals surface area contributed by atoms with Gasteiger partial charge in [-0.15, -0.1) is 11.8 Å². The molecule has 3 aliphatic rings. The van der Waals surface area contributed by atoms with E-state index in [1.165, 1.54) is 59.2 Å². The van der Waals surface area contributed by atoms with Crippen molar-refractivity contribution in [2.45, 2.75) is 24.7 Å². The van der Waals surface area contributed by atoms with Crippen molar-refractivity contribution in [3.05, 3.63) is 53.6 Å². The average molecular weight is 349 g/mol. The maximum Gasteiger partial charge on any atom is 0.0476 e. The fourth-order valence-electron chi connectivity index (χ4n) is 4.50. The number of nitrogens with zero attached hydrogens (tertiary/aromatic N) is 1. The Balaban J connectivity index is 1.38. The molecule has 6 rings (SSSR count). The smallest absolute Gasteiger partial charge is 0.0476 e. The number of piperidine rings is 3. The molecule has 0 amide bonds. The Kier molecular flexibility index (Phi) is 3.87. The standard InChI is InChI=1S/C22H24N2S/c1-15(20-13-24-10-8-16(20)9-11-24)14-25-17-6-7-19-18-4-2-3-5-21(18)23-22(19)12-17/h2-7,12,16,23H,8-11,13-14H2,1H3. The molecule has 25 heavy (non-hydrogen) atoms. The lowest BCUT2D eigenvalue weighted by Gasteiger charge is -2.42. The summed E-state index contributed by atoms with van der Waals surface area (Å²) in [7, 11) is 0. The van der Waals surface area contributed by atoms with Crippen LogP contribution >= 0.6 is 11.8 Å². The van der Waals surface area contributed by atoms with Crippen molar-refractivity contribution in [1.29, 1.82) is 0 Å². The van der Waals surface area contributed by atoms with Crippen molar-refractivity contribution in [3.63, 3.8) is 0 Å². The van der Waals surface area contributed by atoms with Crippen molar-refractivity contribution in [2.75, 3.05) is 25.4 Å². The Morgan fingerprint density at radius 3 is 2.68 bits per heavy atom. The van der Waals surface area contributed by atoms with Crippen LogP contribution in [-0.2, 0) is 0 Å². The van der Waals surface area contributed by atoms with E-state index in [4.69, 9.17) is 0 Å². The lowest BCUT2D eigenvalue weighted by molar-refractivity contribution is 0.160. The number of fused-ring (bicyclic) bond motifs is 6. The van der Waals surface area contributed by atoms with Crippen LogP contribution in [0.3, 0.4) is 0 Å². The minimum Gasteiger partial charge on any atom is -0.354 e. The molecule has 3 aromatic rings. The first-order valence-electron chi connectivity index (χ1n) is 9.32. The number of para-hydroxylation sites is 1. The van der Waals surface area contributed by atoms with Crippen LogP contribution in [0.1, 0.15) is 19.8 Å². The first-order chi connectivity index (χ1) is 12.3. The predicted octanol–water partition coefficient (Wildman–Crippen LogP) is 5.46. The Morgan fingerprint density at radius 1 is 1.08 bits per heavy atom. The summed E-state index contributed by atoms with van der Waals surface area (Å²) in [6.07, 6.45) is 2.75. The number of rotatable bonds is 3.